The van der Waals surface area contributed by atoms with Gasteiger partial charge in [0, 0.05) is 11.5 Å². The summed E-state index contributed by atoms with van der Waals surface area (Å²) >= 11 is 0. The van der Waals surface area contributed by atoms with Crippen LogP contribution in [0, 0.1) is 11.3 Å². The van der Waals surface area contributed by atoms with E-state index in [1.807, 2.05) is 0 Å². The molecular formula is C20H31N3O4. The Morgan fingerprint density at radius 3 is 2.41 bits per heavy atom. The third-order valence-corrected chi connectivity index (χ3v) is 6.11. The smallest absolute Gasteiger partial charge is 0.408 e. The number of nitrogens with zero attached hydrogens (tertiary/aromatic N) is 1. The predicted octanol–water partition coefficient (Wildman–Crippen LogP) is 2.10. The van der Waals surface area contributed by atoms with Crippen molar-refractivity contribution in [1.82, 2.24) is 10.2 Å². The summed E-state index contributed by atoms with van der Waals surface area (Å²) in [5, 5.41) is 2.81. The number of nitrogens with one attached hydrogen (secondary N) is 1. The molecule has 2 saturated carbocycles. The molecule has 0 bridgehead atoms. The predicted molar refractivity (Wildman–Crippen MR) is 101 cm³/mol. The van der Waals surface area contributed by atoms with Crippen LogP contribution in [0.5, 0.6) is 0 Å². The van der Waals surface area contributed by atoms with E-state index in [9.17, 15) is 14.4 Å². The normalized spacial score (nSPS) is 29.6. The highest BCUT2D eigenvalue weighted by atomic mass is 16.6. The molecule has 3 aliphatic rings. The molecule has 0 aromatic rings. The Hall–Kier alpha value is -2.05. The van der Waals surface area contributed by atoms with E-state index in [1.165, 1.54) is 0 Å². The third kappa shape index (κ3) is 3.82. The number of rotatable bonds is 5. The second-order valence-electron chi connectivity index (χ2n) is 9.19. The number of likely N-dealkylation sites (tertiary alicyclic amines) is 1. The zero-order valence-electron chi connectivity index (χ0n) is 16.5. The first kappa shape index (κ1) is 19.7. The molecule has 0 unspecified atom stereocenters. The van der Waals surface area contributed by atoms with Gasteiger partial charge in [0.25, 0.3) is 0 Å². The van der Waals surface area contributed by atoms with Crippen molar-refractivity contribution < 1.29 is 19.1 Å². The summed E-state index contributed by atoms with van der Waals surface area (Å²) in [6.07, 6.45) is 6.16. The van der Waals surface area contributed by atoms with Crippen molar-refractivity contribution in [3.63, 3.8) is 0 Å². The van der Waals surface area contributed by atoms with E-state index in [0.29, 0.717) is 12.3 Å². The zero-order chi connectivity index (χ0) is 20.0. The van der Waals surface area contributed by atoms with Gasteiger partial charge < -0.3 is 20.7 Å². The minimum atomic E-state index is -0.798. The van der Waals surface area contributed by atoms with Gasteiger partial charge in [-0.05, 0) is 52.4 Å². The number of fused-ring (bicyclic) bond motifs is 1. The van der Waals surface area contributed by atoms with Crippen molar-refractivity contribution in [2.45, 2.75) is 83.0 Å². The number of ether oxygens (including phenoxy) is 1. The van der Waals surface area contributed by atoms with Gasteiger partial charge in [-0.15, -0.1) is 6.58 Å². The van der Waals surface area contributed by atoms with Crippen LogP contribution in [0.25, 0.3) is 0 Å². The highest BCUT2D eigenvalue weighted by Crippen LogP contribution is 2.50. The minimum Gasteiger partial charge on any atom is -0.444 e. The van der Waals surface area contributed by atoms with Crippen LogP contribution in [0.4, 0.5) is 4.79 Å². The fourth-order valence-electron chi connectivity index (χ4n) is 4.70. The Balaban J connectivity index is 1.87. The van der Waals surface area contributed by atoms with Crippen molar-refractivity contribution in [2.75, 3.05) is 0 Å². The molecule has 27 heavy (non-hydrogen) atoms. The molecule has 2 aliphatic carbocycles. The maximum Gasteiger partial charge on any atom is 0.408 e. The van der Waals surface area contributed by atoms with Crippen LogP contribution in [0.2, 0.25) is 0 Å². The van der Waals surface area contributed by atoms with Gasteiger partial charge in [-0.2, -0.15) is 0 Å². The summed E-state index contributed by atoms with van der Waals surface area (Å²) in [4.78, 5) is 39.5. The van der Waals surface area contributed by atoms with Gasteiger partial charge in [-0.1, -0.05) is 18.9 Å². The molecule has 3 N–H and O–H groups in total. The van der Waals surface area contributed by atoms with E-state index in [-0.39, 0.29) is 11.9 Å². The molecule has 1 saturated heterocycles. The Morgan fingerprint density at radius 1 is 1.26 bits per heavy atom. The fourth-order valence-corrected chi connectivity index (χ4v) is 4.70. The maximum absolute atomic E-state index is 13.5. The summed E-state index contributed by atoms with van der Waals surface area (Å²) in [6.45, 7) is 9.29. The molecule has 150 valence electrons. The van der Waals surface area contributed by atoms with Gasteiger partial charge in [0.2, 0.25) is 11.8 Å². The average Bonchev–Trinajstić information content (AvgIpc) is 3.01. The van der Waals surface area contributed by atoms with E-state index in [4.69, 9.17) is 10.5 Å². The standard InChI is InChI=1S/C20H31N3O4/c1-5-20(8-6-7-9-20)15(22-18(26)27-19(2,3)4)17(25)23-13-10-12(13)11-14(23)16(21)24/h5,12-15H,1,6-11H2,2-4H3,(H2,21,24)(H,22,26)/t12-,13-,14-,15+/m0/s1. The topological polar surface area (TPSA) is 102 Å². The maximum atomic E-state index is 13.5. The van der Waals surface area contributed by atoms with Crippen molar-refractivity contribution in [2.24, 2.45) is 17.1 Å². The van der Waals surface area contributed by atoms with E-state index in [2.05, 4.69) is 11.9 Å². The Kier molecular flexibility index (Phi) is 4.99. The number of hydrogen-bond donors (Lipinski definition) is 2. The monoisotopic (exact) mass is 377 g/mol. The SMILES string of the molecule is C=CC1([C@H](NC(=O)OC(C)(C)C)C(=O)N2[C@H](C(N)=O)C[C@@H]3C[C@@H]32)CCCC1. The van der Waals surface area contributed by atoms with Gasteiger partial charge in [0.15, 0.2) is 0 Å². The molecule has 1 aliphatic heterocycles. The first-order chi connectivity index (χ1) is 12.6. The molecule has 3 amide bonds. The number of piperidine rings is 1. The van der Waals surface area contributed by atoms with Crippen molar-refractivity contribution >= 4 is 17.9 Å². The summed E-state index contributed by atoms with van der Waals surface area (Å²) in [5.74, 6) is -0.376. The highest BCUT2D eigenvalue weighted by molar-refractivity contribution is 5.93. The van der Waals surface area contributed by atoms with Gasteiger partial charge in [-0.25, -0.2) is 4.79 Å². The lowest BCUT2D eigenvalue weighted by molar-refractivity contribution is -0.142. The quantitative estimate of drug-likeness (QED) is 0.716. The largest absolute Gasteiger partial charge is 0.444 e. The van der Waals surface area contributed by atoms with E-state index >= 15 is 0 Å². The van der Waals surface area contributed by atoms with E-state index in [1.54, 1.807) is 31.7 Å². The van der Waals surface area contributed by atoms with Gasteiger partial charge in [0.1, 0.15) is 17.7 Å². The Bertz CT molecular complexity index is 648. The molecule has 1 heterocycles. The van der Waals surface area contributed by atoms with Crippen LogP contribution < -0.4 is 11.1 Å². The van der Waals surface area contributed by atoms with Gasteiger partial charge in [-0.3, -0.25) is 9.59 Å². The molecule has 3 rings (SSSR count). The number of primary amides is 1. The number of hydrogen-bond acceptors (Lipinski definition) is 4. The van der Waals surface area contributed by atoms with Crippen LogP contribution in [-0.4, -0.2) is 46.5 Å². The molecule has 0 aromatic carbocycles. The number of alkyl carbamates (subject to hydrolysis) is 1. The molecule has 0 radical (unpaired) electrons. The molecule has 7 heteroatoms. The first-order valence-corrected chi connectivity index (χ1v) is 9.82. The second-order valence-corrected chi connectivity index (χ2v) is 9.19. The Morgan fingerprint density at radius 2 is 1.89 bits per heavy atom. The number of amides is 3. The lowest BCUT2D eigenvalue weighted by Gasteiger charge is -2.38. The summed E-state index contributed by atoms with van der Waals surface area (Å²) in [6, 6.07) is -1.33. The van der Waals surface area contributed by atoms with Crippen molar-refractivity contribution in [3.8, 4) is 0 Å². The molecule has 4 atom stereocenters. The summed E-state index contributed by atoms with van der Waals surface area (Å²) in [5.41, 5.74) is 4.36. The lowest BCUT2D eigenvalue weighted by Crippen LogP contribution is -2.59. The van der Waals surface area contributed by atoms with E-state index < -0.39 is 35.1 Å². The molecule has 7 nitrogen and oxygen atoms in total. The summed E-state index contributed by atoms with van der Waals surface area (Å²) < 4.78 is 5.39. The molecular weight excluding hydrogens is 346 g/mol. The van der Waals surface area contributed by atoms with Crippen LogP contribution >= 0.6 is 0 Å². The minimum absolute atomic E-state index is 0.0567. The van der Waals surface area contributed by atoms with Crippen molar-refractivity contribution in [3.05, 3.63) is 12.7 Å². The van der Waals surface area contributed by atoms with Crippen molar-refractivity contribution in [1.29, 1.82) is 0 Å². The van der Waals surface area contributed by atoms with Crippen LogP contribution in [-0.2, 0) is 14.3 Å². The molecule has 0 aromatic heterocycles. The number of carbonyl (C=O) groups excluding carboxylic acids is 3. The van der Waals surface area contributed by atoms with Gasteiger partial charge >= 0.3 is 6.09 Å². The van der Waals surface area contributed by atoms with Gasteiger partial charge in [0.05, 0.1) is 0 Å². The van der Waals surface area contributed by atoms with Crippen LogP contribution in [0.3, 0.4) is 0 Å². The average molecular weight is 377 g/mol. The van der Waals surface area contributed by atoms with Crippen LogP contribution in [0.15, 0.2) is 12.7 Å². The number of carbonyl (C=O) groups is 3. The third-order valence-electron chi connectivity index (χ3n) is 6.11. The van der Waals surface area contributed by atoms with Crippen LogP contribution in [0.1, 0.15) is 59.3 Å². The Labute approximate surface area is 160 Å². The molecule has 3 fully saturated rings. The molecule has 0 spiro atoms. The number of nitrogens with two attached hydrogens (primary N) is 1. The second kappa shape index (κ2) is 6.84. The lowest BCUT2D eigenvalue weighted by atomic mass is 9.77. The fraction of sp³-hybridized carbons (Fsp3) is 0.750. The highest BCUT2D eigenvalue weighted by Gasteiger charge is 2.58. The first-order valence-electron chi connectivity index (χ1n) is 9.82. The zero-order valence-corrected chi connectivity index (χ0v) is 16.5. The van der Waals surface area contributed by atoms with E-state index in [0.717, 1.165) is 32.1 Å². The summed E-state index contributed by atoms with van der Waals surface area (Å²) in [7, 11) is 0.